The molecule has 65 heavy (non-hydrogen) atoms. The van der Waals surface area contributed by atoms with Crippen LogP contribution < -0.4 is 0 Å². The molecule has 0 aromatic carbocycles. The van der Waals surface area contributed by atoms with Crippen molar-refractivity contribution in [2.45, 2.75) is 198 Å². The molecule has 12 aliphatic rings. The SMILES string of the molecule is C[C@@H]1[C@@]2(CC[C@@](C)(O)CO2)O[C@H]2C=C3[C@H]4CC[C@@H]5Cc6nc7c(nc6C[C@]5(C)[C@@H]4C[C@@H](O)[C@]3(C)[C@]21O)C[C@H]1CC[C@H]2C3=C[C@@H]4O[C@]5(CC[C@@](C)(O)CO5)[C@@H](C)[C@@H]4[C@@]3(C)[C@@H](O)C[C@H]2[C@@]1(C)C7. The predicted molar refractivity (Wildman–Crippen MR) is 240 cm³/mol. The van der Waals surface area contributed by atoms with Crippen molar-refractivity contribution in [2.75, 3.05) is 13.2 Å². The second-order valence-corrected chi connectivity index (χ2v) is 26.2. The van der Waals surface area contributed by atoms with E-state index in [0.717, 1.165) is 63.5 Å². The van der Waals surface area contributed by atoms with E-state index in [4.69, 9.17) is 28.9 Å². The molecule has 2 spiro atoms. The van der Waals surface area contributed by atoms with Gasteiger partial charge in [0, 0.05) is 41.4 Å². The Labute approximate surface area is 385 Å². The second kappa shape index (κ2) is 13.1. The van der Waals surface area contributed by atoms with Gasteiger partial charge >= 0.3 is 0 Å². The third kappa shape index (κ3) is 5.25. The summed E-state index contributed by atoms with van der Waals surface area (Å²) in [5.41, 5.74) is 3.00. The Hall–Kier alpha value is -1.80. The molecule has 4 aliphatic heterocycles. The number of nitrogens with zero attached hydrogens (tertiary/aromatic N) is 2. The quantitative estimate of drug-likeness (QED) is 0.185. The molecule has 0 amide bonds. The summed E-state index contributed by atoms with van der Waals surface area (Å²) in [4.78, 5) is 11.2. The van der Waals surface area contributed by atoms with Crippen LogP contribution in [0.3, 0.4) is 0 Å². The average molecular weight is 897 g/mol. The van der Waals surface area contributed by atoms with E-state index in [1.165, 1.54) is 28.2 Å². The van der Waals surface area contributed by atoms with Gasteiger partial charge in [-0.05, 0) is 137 Å². The van der Waals surface area contributed by atoms with Crippen LogP contribution in [0, 0.1) is 74.9 Å². The van der Waals surface area contributed by atoms with Gasteiger partial charge in [-0.25, -0.2) is 0 Å². The standard InChI is InChI=1S/C54H76N2O9/c1-27-45-41(64-52(27)15-13-46(3,59)25-62-52)19-35-31-11-9-29-17-37-39(23-48(29,5)33(31)20-42(57)50(35,45)7)55-38-18-30-10-12-32-34(49(30,6)24-40(38)56-37)21-43(58)51(8)36(32)22-44-54(51,61)28(2)53(65-44)16-14-47(4,60)26-63-53/h19,22,27-34,41-45,57-61H,9-18,20-21,23-26H2,1-8H3/t27-,28+,29+,30+,31+,32-,33+,34+,41-,42-,43+,44-,45-,46+,47+,48-,49-,50+,51+,52+,53+,54+/m0/s1. The van der Waals surface area contributed by atoms with Crippen molar-refractivity contribution in [1.29, 1.82) is 0 Å². The van der Waals surface area contributed by atoms with Crippen LogP contribution in [0.4, 0.5) is 0 Å². The lowest BCUT2D eigenvalue weighted by atomic mass is 9.44. The average Bonchev–Trinajstić information content (AvgIpc) is 3.86. The summed E-state index contributed by atoms with van der Waals surface area (Å²) in [6, 6.07) is 0. The van der Waals surface area contributed by atoms with Gasteiger partial charge in [0.05, 0.1) is 65.5 Å². The molecule has 8 aliphatic carbocycles. The van der Waals surface area contributed by atoms with Crippen molar-refractivity contribution in [3.63, 3.8) is 0 Å². The number of aliphatic hydroxyl groups is 5. The lowest BCUT2D eigenvalue weighted by molar-refractivity contribution is -0.289. The summed E-state index contributed by atoms with van der Waals surface area (Å²) >= 11 is 0. The molecule has 8 fully saturated rings. The Morgan fingerprint density at radius 1 is 0.615 bits per heavy atom. The molecule has 0 bridgehead atoms. The molecule has 0 unspecified atom stereocenters. The van der Waals surface area contributed by atoms with Crippen LogP contribution in [-0.2, 0) is 44.6 Å². The topological polar surface area (TPSA) is 164 Å². The first-order chi connectivity index (χ1) is 30.5. The number of fused-ring (bicyclic) bond motifs is 16. The Bertz CT molecular complexity index is 2270. The Morgan fingerprint density at radius 2 is 1.15 bits per heavy atom. The van der Waals surface area contributed by atoms with Crippen molar-refractivity contribution >= 4 is 0 Å². The summed E-state index contributed by atoms with van der Waals surface area (Å²) in [7, 11) is 0. The van der Waals surface area contributed by atoms with Crippen LogP contribution in [0.15, 0.2) is 23.3 Å². The van der Waals surface area contributed by atoms with Crippen LogP contribution in [0.25, 0.3) is 0 Å². The van der Waals surface area contributed by atoms with E-state index in [1.807, 2.05) is 13.8 Å². The lowest BCUT2D eigenvalue weighted by Gasteiger charge is -2.61. The molecule has 1 aromatic rings. The highest BCUT2D eigenvalue weighted by atomic mass is 16.7. The van der Waals surface area contributed by atoms with Gasteiger partial charge in [-0.1, -0.05) is 64.8 Å². The maximum absolute atomic E-state index is 12.9. The van der Waals surface area contributed by atoms with Gasteiger partial charge < -0.3 is 44.5 Å². The Balaban J connectivity index is 0.760. The molecule has 11 heteroatoms. The number of hydrogen-bond donors (Lipinski definition) is 5. The van der Waals surface area contributed by atoms with Crippen molar-refractivity contribution in [3.8, 4) is 0 Å². The van der Waals surface area contributed by atoms with Gasteiger partial charge in [0.1, 0.15) is 11.7 Å². The van der Waals surface area contributed by atoms with Gasteiger partial charge in [-0.2, -0.15) is 0 Å². The molecule has 11 nitrogen and oxygen atoms in total. The van der Waals surface area contributed by atoms with Crippen LogP contribution in [-0.4, -0.2) is 102 Å². The second-order valence-electron chi connectivity index (χ2n) is 26.2. The van der Waals surface area contributed by atoms with Gasteiger partial charge in [0.15, 0.2) is 11.6 Å². The van der Waals surface area contributed by atoms with E-state index in [1.54, 1.807) is 6.92 Å². The molecule has 13 rings (SSSR count). The molecule has 4 saturated carbocycles. The highest BCUT2D eigenvalue weighted by molar-refractivity contribution is 5.43. The fraction of sp³-hybridized carbons (Fsp3) is 0.852. The molecule has 0 radical (unpaired) electrons. The van der Waals surface area contributed by atoms with E-state index >= 15 is 0 Å². The number of rotatable bonds is 0. The van der Waals surface area contributed by atoms with E-state index in [9.17, 15) is 25.5 Å². The molecule has 5 N–H and O–H groups in total. The highest BCUT2D eigenvalue weighted by Crippen LogP contribution is 2.72. The third-order valence-corrected chi connectivity index (χ3v) is 23.2. The summed E-state index contributed by atoms with van der Waals surface area (Å²) in [6.07, 6.45) is 14.6. The van der Waals surface area contributed by atoms with E-state index in [0.29, 0.717) is 55.8 Å². The summed E-state index contributed by atoms with van der Waals surface area (Å²) < 4.78 is 26.4. The Kier molecular flexibility index (Phi) is 8.73. The zero-order chi connectivity index (χ0) is 45.4. The monoisotopic (exact) mass is 897 g/mol. The highest BCUT2D eigenvalue weighted by Gasteiger charge is 2.77. The normalized spacial score (nSPS) is 59.1. The van der Waals surface area contributed by atoms with Gasteiger partial charge in [0.25, 0.3) is 0 Å². The van der Waals surface area contributed by atoms with E-state index in [2.05, 4.69) is 46.8 Å². The van der Waals surface area contributed by atoms with Crippen molar-refractivity contribution in [1.82, 2.24) is 9.97 Å². The fourth-order valence-electron chi connectivity index (χ4n) is 19.0. The largest absolute Gasteiger partial charge is 0.392 e. The number of aliphatic hydroxyl groups excluding tert-OH is 2. The minimum atomic E-state index is -1.31. The van der Waals surface area contributed by atoms with Crippen LogP contribution >= 0.6 is 0 Å². The maximum atomic E-state index is 12.9. The number of aromatic nitrogens is 2. The van der Waals surface area contributed by atoms with Crippen molar-refractivity contribution in [2.24, 2.45) is 74.9 Å². The molecule has 22 atom stereocenters. The van der Waals surface area contributed by atoms with E-state index < -0.39 is 52.1 Å². The zero-order valence-corrected chi connectivity index (χ0v) is 40.2. The summed E-state index contributed by atoms with van der Waals surface area (Å²) in [6.45, 7) is 17.8. The zero-order valence-electron chi connectivity index (χ0n) is 40.2. The first-order valence-corrected chi connectivity index (χ1v) is 26.0. The van der Waals surface area contributed by atoms with Gasteiger partial charge in [0.2, 0.25) is 0 Å². The number of hydrogen-bond acceptors (Lipinski definition) is 11. The first-order valence-electron chi connectivity index (χ1n) is 26.0. The van der Waals surface area contributed by atoms with Gasteiger partial charge in [-0.3, -0.25) is 9.97 Å². The molecular formula is C54H76N2O9. The minimum Gasteiger partial charge on any atom is -0.392 e. The molecule has 356 valence electrons. The fourth-order valence-corrected chi connectivity index (χ4v) is 19.0. The van der Waals surface area contributed by atoms with Crippen molar-refractivity contribution in [3.05, 3.63) is 46.1 Å². The predicted octanol–water partition coefficient (Wildman–Crippen LogP) is 6.33. The number of ether oxygens (including phenoxy) is 4. The minimum absolute atomic E-state index is 0.0122. The van der Waals surface area contributed by atoms with Crippen LogP contribution in [0.5, 0.6) is 0 Å². The molecular weight excluding hydrogens is 821 g/mol. The van der Waals surface area contributed by atoms with E-state index in [-0.39, 0.29) is 65.2 Å². The summed E-state index contributed by atoms with van der Waals surface area (Å²) in [5, 5.41) is 59.2. The molecule has 5 heterocycles. The van der Waals surface area contributed by atoms with Crippen LogP contribution in [0.2, 0.25) is 0 Å². The molecule has 4 saturated heterocycles. The van der Waals surface area contributed by atoms with Crippen LogP contribution in [0.1, 0.15) is 142 Å². The molecule has 1 aromatic heterocycles. The van der Waals surface area contributed by atoms with Crippen molar-refractivity contribution < 1.29 is 44.5 Å². The Morgan fingerprint density at radius 3 is 1.71 bits per heavy atom. The lowest BCUT2D eigenvalue weighted by Crippen LogP contribution is -2.64. The third-order valence-electron chi connectivity index (χ3n) is 23.2. The maximum Gasteiger partial charge on any atom is 0.174 e. The first kappa shape index (κ1) is 43.2. The van der Waals surface area contributed by atoms with Gasteiger partial charge in [-0.15, -0.1) is 0 Å². The summed E-state index contributed by atoms with van der Waals surface area (Å²) in [5.74, 6) is 0.408. The smallest absolute Gasteiger partial charge is 0.174 e.